The largest absolute Gasteiger partial charge is 0.358 e. The molecular weight excluding hydrogens is 280 g/mol. The van der Waals surface area contributed by atoms with Crippen LogP contribution >= 0.6 is 11.3 Å². The third-order valence-electron chi connectivity index (χ3n) is 4.15. The Labute approximate surface area is 127 Å². The van der Waals surface area contributed by atoms with Gasteiger partial charge in [-0.2, -0.15) is 0 Å². The maximum Gasteiger partial charge on any atom is 0.264 e. The molecule has 3 aromatic rings. The van der Waals surface area contributed by atoms with Crippen molar-refractivity contribution in [2.45, 2.75) is 19.9 Å². The molecule has 3 nitrogen and oxygen atoms in total. The van der Waals surface area contributed by atoms with Crippen molar-refractivity contribution >= 4 is 28.1 Å². The first-order valence-corrected chi connectivity index (χ1v) is 8.03. The smallest absolute Gasteiger partial charge is 0.264 e. The summed E-state index contributed by atoms with van der Waals surface area (Å²) in [4.78, 5) is 18.8. The Balaban J connectivity index is 1.71. The van der Waals surface area contributed by atoms with Crippen LogP contribution in [-0.2, 0) is 13.0 Å². The van der Waals surface area contributed by atoms with Crippen molar-refractivity contribution in [3.05, 3.63) is 57.4 Å². The molecule has 3 heterocycles. The number of benzene rings is 1. The van der Waals surface area contributed by atoms with Gasteiger partial charge in [-0.05, 0) is 30.0 Å². The van der Waals surface area contributed by atoms with Crippen LogP contribution in [0.2, 0.25) is 0 Å². The highest BCUT2D eigenvalue weighted by molar-refractivity contribution is 7.12. The van der Waals surface area contributed by atoms with E-state index in [1.54, 1.807) is 0 Å². The second-order valence-electron chi connectivity index (χ2n) is 5.59. The van der Waals surface area contributed by atoms with Gasteiger partial charge in [0.05, 0.1) is 4.88 Å². The standard InChI is InChI=1S/C17H16N2OS/c1-11-4-5-12-13-10-19(17(20)16-3-2-8-21-16)7-6-14(13)18-15(12)9-11/h2-5,8-9,18H,6-7,10H2,1H3. The zero-order valence-electron chi connectivity index (χ0n) is 11.8. The van der Waals surface area contributed by atoms with E-state index in [9.17, 15) is 4.79 Å². The Hall–Kier alpha value is -2.07. The van der Waals surface area contributed by atoms with Gasteiger partial charge in [-0.15, -0.1) is 11.3 Å². The quantitative estimate of drug-likeness (QED) is 0.729. The molecule has 0 aliphatic carbocycles. The average molecular weight is 296 g/mol. The predicted molar refractivity (Wildman–Crippen MR) is 85.8 cm³/mol. The van der Waals surface area contributed by atoms with Crippen LogP contribution in [0.4, 0.5) is 0 Å². The summed E-state index contributed by atoms with van der Waals surface area (Å²) in [5, 5.41) is 3.20. The van der Waals surface area contributed by atoms with E-state index < -0.39 is 0 Å². The van der Waals surface area contributed by atoms with Crippen LogP contribution in [0.15, 0.2) is 35.7 Å². The first-order valence-electron chi connectivity index (χ1n) is 7.15. The lowest BCUT2D eigenvalue weighted by Crippen LogP contribution is -2.35. The third kappa shape index (κ3) is 2.07. The van der Waals surface area contributed by atoms with E-state index in [1.807, 2.05) is 22.4 Å². The Bertz CT molecular complexity index is 817. The number of carbonyl (C=O) groups is 1. The van der Waals surface area contributed by atoms with Gasteiger partial charge in [-0.3, -0.25) is 4.79 Å². The van der Waals surface area contributed by atoms with E-state index in [0.717, 1.165) is 17.8 Å². The number of fused-ring (bicyclic) bond motifs is 3. The van der Waals surface area contributed by atoms with Crippen molar-refractivity contribution in [3.63, 3.8) is 0 Å². The monoisotopic (exact) mass is 296 g/mol. The normalized spacial score (nSPS) is 14.4. The molecule has 1 N–H and O–H groups in total. The number of carbonyl (C=O) groups excluding carboxylic acids is 1. The van der Waals surface area contributed by atoms with Crippen molar-refractivity contribution in [1.82, 2.24) is 9.88 Å². The maximum atomic E-state index is 12.5. The van der Waals surface area contributed by atoms with Crippen molar-refractivity contribution < 1.29 is 4.79 Å². The number of thiophene rings is 1. The Morgan fingerprint density at radius 2 is 2.24 bits per heavy atom. The molecular formula is C17H16N2OS. The summed E-state index contributed by atoms with van der Waals surface area (Å²) >= 11 is 1.51. The lowest BCUT2D eigenvalue weighted by Gasteiger charge is -2.26. The zero-order chi connectivity index (χ0) is 14.4. The highest BCUT2D eigenvalue weighted by Gasteiger charge is 2.25. The van der Waals surface area contributed by atoms with Crippen LogP contribution < -0.4 is 0 Å². The van der Waals surface area contributed by atoms with Gasteiger partial charge in [0.25, 0.3) is 5.91 Å². The van der Waals surface area contributed by atoms with E-state index in [0.29, 0.717) is 6.54 Å². The number of rotatable bonds is 1. The summed E-state index contributed by atoms with van der Waals surface area (Å²) in [7, 11) is 0. The molecule has 1 aliphatic rings. The second kappa shape index (κ2) is 4.74. The van der Waals surface area contributed by atoms with E-state index in [4.69, 9.17) is 0 Å². The number of aromatic amines is 1. The van der Waals surface area contributed by atoms with Gasteiger partial charge in [0, 0.05) is 41.7 Å². The van der Waals surface area contributed by atoms with Crippen molar-refractivity contribution in [3.8, 4) is 0 Å². The predicted octanol–water partition coefficient (Wildman–Crippen LogP) is 3.74. The molecule has 0 saturated heterocycles. The highest BCUT2D eigenvalue weighted by atomic mass is 32.1. The number of hydrogen-bond donors (Lipinski definition) is 1. The fraction of sp³-hybridized carbons (Fsp3) is 0.235. The minimum atomic E-state index is 0.150. The topological polar surface area (TPSA) is 36.1 Å². The Morgan fingerprint density at radius 1 is 1.33 bits per heavy atom. The van der Waals surface area contributed by atoms with E-state index in [2.05, 4.69) is 30.1 Å². The third-order valence-corrected chi connectivity index (χ3v) is 5.01. The van der Waals surface area contributed by atoms with Crippen LogP contribution in [0.5, 0.6) is 0 Å². The summed E-state index contributed by atoms with van der Waals surface area (Å²) in [6, 6.07) is 10.3. The summed E-state index contributed by atoms with van der Waals surface area (Å²) in [6.07, 6.45) is 0.903. The van der Waals surface area contributed by atoms with E-state index >= 15 is 0 Å². The molecule has 0 bridgehead atoms. The molecule has 106 valence electrons. The molecule has 0 radical (unpaired) electrons. The molecule has 4 rings (SSSR count). The molecule has 2 aromatic heterocycles. The lowest BCUT2D eigenvalue weighted by molar-refractivity contribution is 0.0740. The number of nitrogens with one attached hydrogen (secondary N) is 1. The highest BCUT2D eigenvalue weighted by Crippen LogP contribution is 2.29. The van der Waals surface area contributed by atoms with Gasteiger partial charge in [0.2, 0.25) is 0 Å². The first kappa shape index (κ1) is 12.7. The van der Waals surface area contributed by atoms with Crippen LogP contribution in [-0.4, -0.2) is 22.3 Å². The van der Waals surface area contributed by atoms with Gasteiger partial charge < -0.3 is 9.88 Å². The molecule has 4 heteroatoms. The van der Waals surface area contributed by atoms with Gasteiger partial charge in [-0.1, -0.05) is 18.2 Å². The van der Waals surface area contributed by atoms with Gasteiger partial charge in [-0.25, -0.2) is 0 Å². The average Bonchev–Trinajstić information content (AvgIpc) is 3.12. The summed E-state index contributed by atoms with van der Waals surface area (Å²) in [6.45, 7) is 3.59. The maximum absolute atomic E-state index is 12.5. The van der Waals surface area contributed by atoms with Crippen molar-refractivity contribution in [1.29, 1.82) is 0 Å². The minimum Gasteiger partial charge on any atom is -0.358 e. The summed E-state index contributed by atoms with van der Waals surface area (Å²) in [5.74, 6) is 0.150. The fourth-order valence-corrected chi connectivity index (χ4v) is 3.76. The van der Waals surface area contributed by atoms with Crippen LogP contribution in [0.1, 0.15) is 26.5 Å². The van der Waals surface area contributed by atoms with E-state index in [-0.39, 0.29) is 5.91 Å². The van der Waals surface area contributed by atoms with Crippen molar-refractivity contribution in [2.24, 2.45) is 0 Å². The molecule has 0 spiro atoms. The van der Waals surface area contributed by atoms with Gasteiger partial charge >= 0.3 is 0 Å². The molecule has 0 atom stereocenters. The zero-order valence-corrected chi connectivity index (χ0v) is 12.7. The molecule has 1 aromatic carbocycles. The number of aryl methyl sites for hydroxylation is 1. The number of nitrogens with zero attached hydrogens (tertiary/aromatic N) is 1. The summed E-state index contributed by atoms with van der Waals surface area (Å²) in [5.41, 5.74) is 5.00. The number of hydrogen-bond acceptors (Lipinski definition) is 2. The summed E-state index contributed by atoms with van der Waals surface area (Å²) < 4.78 is 0. The Kier molecular flexibility index (Phi) is 2.86. The van der Waals surface area contributed by atoms with Crippen LogP contribution in [0, 0.1) is 6.92 Å². The Morgan fingerprint density at radius 3 is 3.05 bits per heavy atom. The number of amides is 1. The minimum absolute atomic E-state index is 0.150. The molecule has 0 saturated carbocycles. The van der Waals surface area contributed by atoms with Gasteiger partial charge in [0.1, 0.15) is 0 Å². The second-order valence-corrected chi connectivity index (χ2v) is 6.53. The lowest BCUT2D eigenvalue weighted by atomic mass is 10.0. The van der Waals surface area contributed by atoms with Crippen molar-refractivity contribution in [2.75, 3.05) is 6.54 Å². The molecule has 1 amide bonds. The molecule has 0 fully saturated rings. The SMILES string of the molecule is Cc1ccc2c3c([nH]c2c1)CCN(C(=O)c1cccs1)C3. The van der Waals surface area contributed by atoms with E-state index in [1.165, 1.54) is 39.1 Å². The molecule has 1 aliphatic heterocycles. The number of H-pyrrole nitrogens is 1. The first-order chi connectivity index (χ1) is 10.2. The molecule has 0 unspecified atom stereocenters. The molecule has 21 heavy (non-hydrogen) atoms. The fourth-order valence-electron chi connectivity index (χ4n) is 3.07. The number of aromatic nitrogens is 1. The van der Waals surface area contributed by atoms with Crippen LogP contribution in [0.3, 0.4) is 0 Å². The van der Waals surface area contributed by atoms with Crippen LogP contribution in [0.25, 0.3) is 10.9 Å². The van der Waals surface area contributed by atoms with Gasteiger partial charge in [0.15, 0.2) is 0 Å².